The summed E-state index contributed by atoms with van der Waals surface area (Å²) in [6.45, 7) is 6.17. The van der Waals surface area contributed by atoms with Crippen LogP contribution in [-0.2, 0) is 49.3 Å². The molecule has 1 saturated carbocycles. The number of carbonyl (C=O) groups excluding carboxylic acids is 4. The van der Waals surface area contributed by atoms with E-state index in [0.717, 1.165) is 49.1 Å². The number of H-pyrrole nitrogens is 1. The van der Waals surface area contributed by atoms with Crippen LogP contribution in [0.5, 0.6) is 5.88 Å². The largest absolute Gasteiger partial charge is 0.463 e. The predicted molar refractivity (Wildman–Crippen MR) is 142 cm³/mol. The van der Waals surface area contributed by atoms with Gasteiger partial charge in [-0.15, -0.1) is 5.10 Å². The molecule has 1 aliphatic carbocycles. The number of hydrogen-bond acceptors (Lipinski definition) is 11. The van der Waals surface area contributed by atoms with E-state index in [1.54, 1.807) is 0 Å². The Balaban J connectivity index is 1.63. The van der Waals surface area contributed by atoms with E-state index in [9.17, 15) is 19.2 Å². The van der Waals surface area contributed by atoms with Crippen molar-refractivity contribution in [3.63, 3.8) is 0 Å². The summed E-state index contributed by atoms with van der Waals surface area (Å²) in [6.07, 6.45) is -1.50. The van der Waals surface area contributed by atoms with Gasteiger partial charge in [-0.3, -0.25) is 24.3 Å². The number of nitrogens with one attached hydrogen (secondary N) is 1. The van der Waals surface area contributed by atoms with E-state index in [-0.39, 0.29) is 12.5 Å². The summed E-state index contributed by atoms with van der Waals surface area (Å²) in [4.78, 5) is 47.7. The van der Waals surface area contributed by atoms with Gasteiger partial charge < -0.3 is 28.4 Å². The first kappa shape index (κ1) is 29.8. The number of hydrogen-bond donors (Lipinski definition) is 1. The lowest BCUT2D eigenvalue weighted by Gasteiger charge is -2.43. The smallest absolute Gasteiger partial charge is 0.303 e. The van der Waals surface area contributed by atoms with Crippen LogP contribution >= 0.6 is 0 Å². The third kappa shape index (κ3) is 8.16. The monoisotopic (exact) mass is 570 g/mol. The van der Waals surface area contributed by atoms with E-state index in [1.807, 2.05) is 19.1 Å². The number of aromatic nitrogens is 2. The lowest BCUT2D eigenvalue weighted by atomic mass is 9.98. The molecule has 0 amide bonds. The molecule has 1 aromatic carbocycles. The average Bonchev–Trinajstić information content (AvgIpc) is 3.65. The van der Waals surface area contributed by atoms with Crippen LogP contribution in [-0.4, -0.2) is 71.4 Å². The van der Waals surface area contributed by atoms with E-state index in [2.05, 4.69) is 28.4 Å². The second-order valence-electron chi connectivity index (χ2n) is 10.0. The number of rotatable bonds is 10. The molecule has 0 unspecified atom stereocenters. The number of ether oxygens (including phenoxy) is 6. The van der Waals surface area contributed by atoms with Crippen molar-refractivity contribution in [3.05, 3.63) is 52.2 Å². The van der Waals surface area contributed by atoms with Crippen molar-refractivity contribution in [1.29, 1.82) is 0 Å². The molecule has 2 aliphatic rings. The Morgan fingerprint density at radius 1 is 0.902 bits per heavy atom. The van der Waals surface area contributed by atoms with Gasteiger partial charge in [-0.2, -0.15) is 0 Å². The maximum atomic E-state index is 12.1. The highest BCUT2D eigenvalue weighted by Crippen LogP contribution is 2.33. The quantitative estimate of drug-likeness (QED) is 0.331. The number of carbonyl (C=O) groups is 4. The molecule has 1 aromatic heterocycles. The van der Waals surface area contributed by atoms with Crippen LogP contribution in [0.4, 0.5) is 0 Å². The molecule has 0 bridgehead atoms. The maximum absolute atomic E-state index is 12.1. The Morgan fingerprint density at radius 2 is 1.51 bits per heavy atom. The van der Waals surface area contributed by atoms with Gasteiger partial charge in [0.15, 0.2) is 12.2 Å². The van der Waals surface area contributed by atoms with Crippen molar-refractivity contribution in [2.75, 3.05) is 6.61 Å². The highest BCUT2D eigenvalue weighted by atomic mass is 16.7. The van der Waals surface area contributed by atoms with Crippen LogP contribution in [0.15, 0.2) is 29.8 Å². The molecular weight excluding hydrogens is 536 g/mol. The molecule has 12 heteroatoms. The molecule has 1 saturated heterocycles. The molecule has 2 fully saturated rings. The van der Waals surface area contributed by atoms with Crippen molar-refractivity contribution in [2.24, 2.45) is 0 Å². The van der Waals surface area contributed by atoms with Crippen LogP contribution in [0.2, 0.25) is 0 Å². The van der Waals surface area contributed by atoms with Crippen molar-refractivity contribution in [1.82, 2.24) is 10.2 Å². The van der Waals surface area contributed by atoms with E-state index in [0.29, 0.717) is 6.42 Å². The fraction of sp³-hybridized carbons (Fsp3) is 0.483. The summed E-state index contributed by atoms with van der Waals surface area (Å²) in [5.41, 5.74) is 5.06. The van der Waals surface area contributed by atoms with Gasteiger partial charge in [0.1, 0.15) is 12.7 Å². The third-order valence-corrected chi connectivity index (χ3v) is 6.48. The first-order chi connectivity index (χ1) is 19.5. The Labute approximate surface area is 237 Å². The first-order valence-electron chi connectivity index (χ1n) is 13.3. The van der Waals surface area contributed by atoms with Gasteiger partial charge in [0, 0.05) is 45.4 Å². The van der Waals surface area contributed by atoms with Crippen LogP contribution < -0.4 is 4.74 Å². The summed E-state index contributed by atoms with van der Waals surface area (Å²) in [5.74, 6) is -2.60. The highest BCUT2D eigenvalue weighted by Gasteiger charge is 2.53. The van der Waals surface area contributed by atoms with E-state index in [4.69, 9.17) is 28.4 Å². The standard InChI is InChI=1S/C29H34N2O10/c1-15-23(13-22-10-8-21(9-11-22)12-20-6-7-20)28(31-30-15)41-29-27(39-19(5)35)26(38-18(4)34)25(37-17(3)33)24(40-29)14-36-16(2)32/h8-12,24-27,29H,6-7,13-14H2,1-5H3,(H,30,31)/t24-,25-,26+,27-,29+/m1/s1. The number of aryl methyl sites for hydroxylation is 1. The second kappa shape index (κ2) is 13.0. The minimum Gasteiger partial charge on any atom is -0.463 e. The number of benzene rings is 1. The normalized spacial score (nSPS) is 23.2. The Hall–Kier alpha value is -4.19. The zero-order valence-corrected chi connectivity index (χ0v) is 23.6. The topological polar surface area (TPSA) is 152 Å². The molecular formula is C29H34N2O10. The Kier molecular flexibility index (Phi) is 9.43. The summed E-state index contributed by atoms with van der Waals surface area (Å²) < 4.78 is 33.7. The number of allylic oxidation sites excluding steroid dienone is 1. The van der Waals surface area contributed by atoms with Gasteiger partial charge in [-0.1, -0.05) is 35.9 Å². The average molecular weight is 571 g/mol. The molecule has 2 heterocycles. The fourth-order valence-corrected chi connectivity index (χ4v) is 4.52. The van der Waals surface area contributed by atoms with Crippen LogP contribution in [0, 0.1) is 6.92 Å². The van der Waals surface area contributed by atoms with Crippen LogP contribution in [0.3, 0.4) is 0 Å². The highest BCUT2D eigenvalue weighted by molar-refractivity contribution is 5.68. The van der Waals surface area contributed by atoms with Crippen LogP contribution in [0.1, 0.15) is 62.9 Å². The lowest BCUT2D eigenvalue weighted by Crippen LogP contribution is -2.63. The van der Waals surface area contributed by atoms with Gasteiger partial charge in [0.05, 0.1) is 0 Å². The summed E-state index contributed by atoms with van der Waals surface area (Å²) in [5, 5.41) is 7.19. The Bertz CT molecular complexity index is 1310. The molecule has 220 valence electrons. The van der Waals surface area contributed by atoms with Gasteiger partial charge in [-0.25, -0.2) is 0 Å². The van der Waals surface area contributed by atoms with Gasteiger partial charge in [0.2, 0.25) is 18.3 Å². The maximum Gasteiger partial charge on any atom is 0.303 e. The van der Waals surface area contributed by atoms with Gasteiger partial charge in [0.25, 0.3) is 0 Å². The van der Waals surface area contributed by atoms with Crippen molar-refractivity contribution in [2.45, 2.75) is 84.6 Å². The molecule has 0 radical (unpaired) electrons. The summed E-state index contributed by atoms with van der Waals surface area (Å²) in [7, 11) is 0. The SMILES string of the molecule is CC(=O)OC[C@H]1O[C@@H](Oc2n[nH]c(C)c2Cc2ccc(C=C3CC3)cc2)[C@H](OC(C)=O)[C@@H](OC(C)=O)[C@@H]1OC(C)=O. The number of nitrogens with zero attached hydrogens (tertiary/aromatic N) is 1. The number of esters is 4. The Morgan fingerprint density at radius 3 is 2.10 bits per heavy atom. The van der Waals surface area contributed by atoms with Gasteiger partial charge >= 0.3 is 23.9 Å². The second-order valence-corrected chi connectivity index (χ2v) is 10.0. The molecule has 2 aromatic rings. The molecule has 12 nitrogen and oxygen atoms in total. The number of aromatic amines is 1. The molecule has 1 N–H and O–H groups in total. The van der Waals surface area contributed by atoms with E-state index < -0.39 is 54.6 Å². The summed E-state index contributed by atoms with van der Waals surface area (Å²) in [6, 6.07) is 8.16. The summed E-state index contributed by atoms with van der Waals surface area (Å²) >= 11 is 0. The minimum absolute atomic E-state index is 0.174. The molecule has 4 rings (SSSR count). The fourth-order valence-electron chi connectivity index (χ4n) is 4.52. The first-order valence-corrected chi connectivity index (χ1v) is 13.3. The van der Waals surface area contributed by atoms with Gasteiger partial charge in [-0.05, 0) is 30.9 Å². The van der Waals surface area contributed by atoms with Crippen molar-refractivity contribution in [3.8, 4) is 5.88 Å². The lowest BCUT2D eigenvalue weighted by molar-refractivity contribution is -0.289. The zero-order valence-electron chi connectivity index (χ0n) is 23.6. The predicted octanol–water partition coefficient (Wildman–Crippen LogP) is 2.95. The molecule has 1 aliphatic heterocycles. The zero-order chi connectivity index (χ0) is 29.7. The van der Waals surface area contributed by atoms with E-state index in [1.165, 1.54) is 19.4 Å². The molecule has 0 spiro atoms. The third-order valence-electron chi connectivity index (χ3n) is 6.48. The van der Waals surface area contributed by atoms with Crippen molar-refractivity contribution >= 4 is 30.0 Å². The molecule has 41 heavy (non-hydrogen) atoms. The van der Waals surface area contributed by atoms with Crippen molar-refractivity contribution < 1.29 is 47.6 Å². The molecule has 5 atom stereocenters. The minimum atomic E-state index is -1.37. The van der Waals surface area contributed by atoms with E-state index >= 15 is 0 Å². The van der Waals surface area contributed by atoms with Crippen LogP contribution in [0.25, 0.3) is 6.08 Å².